The zero-order chi connectivity index (χ0) is 14.9. The maximum absolute atomic E-state index is 14.1. The minimum absolute atomic E-state index is 0.00306. The molecule has 110 valence electrons. The van der Waals surface area contributed by atoms with Gasteiger partial charge in [-0.15, -0.1) is 0 Å². The van der Waals surface area contributed by atoms with Gasteiger partial charge in [0.1, 0.15) is 11.9 Å². The number of aliphatic hydroxyl groups excluding tert-OH is 1. The zero-order valence-corrected chi connectivity index (χ0v) is 12.0. The van der Waals surface area contributed by atoms with E-state index >= 15 is 0 Å². The number of halogens is 1. The third-order valence-electron chi connectivity index (χ3n) is 3.15. The molecule has 0 saturated carbocycles. The molecule has 2 rings (SSSR count). The molecule has 1 aromatic carbocycles. The molecule has 0 spiro atoms. The van der Waals surface area contributed by atoms with Crippen LogP contribution in [0.2, 0.25) is 0 Å². The average Bonchev–Trinajstić information content (AvgIpc) is 2.72. The summed E-state index contributed by atoms with van der Waals surface area (Å²) in [7, 11) is 0. The summed E-state index contributed by atoms with van der Waals surface area (Å²) in [6.45, 7) is 6.15. The standard InChI is InChI=1S/C15H20FNO3/c1-15(2,3)7-10-4-5-11(6-13(10)16)17-8-12(9-18)20-14(17)19/h4-6,12,18H,7-9H2,1-3H3. The minimum Gasteiger partial charge on any atom is -0.441 e. The number of benzene rings is 1. The van der Waals surface area contributed by atoms with Crippen LogP contribution in [0.25, 0.3) is 0 Å². The Balaban J connectivity index is 2.19. The van der Waals surface area contributed by atoms with Gasteiger partial charge in [0, 0.05) is 0 Å². The van der Waals surface area contributed by atoms with Crippen LogP contribution in [-0.2, 0) is 11.2 Å². The molecule has 1 heterocycles. The molecule has 0 aromatic heterocycles. The van der Waals surface area contributed by atoms with Crippen molar-refractivity contribution in [3.63, 3.8) is 0 Å². The predicted octanol–water partition coefficient (Wildman–Crippen LogP) is 2.73. The van der Waals surface area contributed by atoms with Crippen molar-refractivity contribution in [3.8, 4) is 0 Å². The molecule has 1 amide bonds. The molecule has 20 heavy (non-hydrogen) atoms. The number of ether oxygens (including phenoxy) is 1. The summed E-state index contributed by atoms with van der Waals surface area (Å²) in [5.41, 5.74) is 1.09. The van der Waals surface area contributed by atoms with Crippen LogP contribution in [0.4, 0.5) is 14.9 Å². The number of aliphatic hydroxyl groups is 1. The number of amides is 1. The molecule has 4 nitrogen and oxygen atoms in total. The molecule has 1 saturated heterocycles. The molecule has 0 radical (unpaired) electrons. The van der Waals surface area contributed by atoms with Crippen LogP contribution in [0.15, 0.2) is 18.2 Å². The Bertz CT molecular complexity index is 510. The first-order chi connectivity index (χ1) is 9.30. The number of carbonyl (C=O) groups excluding carboxylic acids is 1. The lowest BCUT2D eigenvalue weighted by Gasteiger charge is -2.20. The second-order valence-electron chi connectivity index (χ2n) is 6.31. The fourth-order valence-corrected chi connectivity index (χ4v) is 2.25. The van der Waals surface area contributed by atoms with Gasteiger partial charge in [-0.25, -0.2) is 9.18 Å². The van der Waals surface area contributed by atoms with Gasteiger partial charge in [0.25, 0.3) is 0 Å². The zero-order valence-electron chi connectivity index (χ0n) is 12.0. The third-order valence-corrected chi connectivity index (χ3v) is 3.15. The largest absolute Gasteiger partial charge is 0.441 e. The van der Waals surface area contributed by atoms with E-state index in [1.165, 1.54) is 11.0 Å². The first-order valence-electron chi connectivity index (χ1n) is 6.67. The number of rotatable bonds is 3. The summed E-state index contributed by atoms with van der Waals surface area (Å²) in [5, 5.41) is 9.00. The summed E-state index contributed by atoms with van der Waals surface area (Å²) in [6.07, 6.45) is -0.463. The SMILES string of the molecule is CC(C)(C)Cc1ccc(N2CC(CO)OC2=O)cc1F. The Morgan fingerprint density at radius 2 is 2.15 bits per heavy atom. The quantitative estimate of drug-likeness (QED) is 0.926. The normalized spacial score (nSPS) is 19.4. The second-order valence-corrected chi connectivity index (χ2v) is 6.31. The Hall–Kier alpha value is -1.62. The summed E-state index contributed by atoms with van der Waals surface area (Å²) >= 11 is 0. The van der Waals surface area contributed by atoms with E-state index in [0.717, 1.165) is 0 Å². The number of hydrogen-bond donors (Lipinski definition) is 1. The van der Waals surface area contributed by atoms with Crippen LogP contribution in [-0.4, -0.2) is 30.5 Å². The van der Waals surface area contributed by atoms with Crippen molar-refractivity contribution in [1.29, 1.82) is 0 Å². The van der Waals surface area contributed by atoms with E-state index in [4.69, 9.17) is 9.84 Å². The van der Waals surface area contributed by atoms with E-state index in [1.807, 2.05) is 20.8 Å². The Labute approximate surface area is 118 Å². The third kappa shape index (κ3) is 3.28. The van der Waals surface area contributed by atoms with Gasteiger partial charge in [0.05, 0.1) is 18.8 Å². The molecule has 0 bridgehead atoms. The van der Waals surface area contributed by atoms with Gasteiger partial charge in [0.15, 0.2) is 0 Å². The summed E-state index contributed by atoms with van der Waals surface area (Å²) in [6, 6.07) is 4.77. The van der Waals surface area contributed by atoms with Crippen molar-refractivity contribution in [2.24, 2.45) is 5.41 Å². The number of nitrogens with zero attached hydrogens (tertiary/aromatic N) is 1. The molecule has 1 aromatic rings. The molecule has 1 unspecified atom stereocenters. The van der Waals surface area contributed by atoms with Crippen molar-refractivity contribution >= 4 is 11.8 Å². The van der Waals surface area contributed by atoms with Crippen LogP contribution in [0.1, 0.15) is 26.3 Å². The van der Waals surface area contributed by atoms with E-state index in [9.17, 15) is 9.18 Å². The van der Waals surface area contributed by atoms with E-state index in [-0.39, 0.29) is 24.4 Å². The molecule has 0 aliphatic carbocycles. The average molecular weight is 281 g/mol. The Kier molecular flexibility index (Phi) is 3.99. The monoisotopic (exact) mass is 281 g/mol. The van der Waals surface area contributed by atoms with Crippen molar-refractivity contribution < 1.29 is 19.0 Å². The molecule has 1 fully saturated rings. The van der Waals surface area contributed by atoms with Gasteiger partial charge in [-0.1, -0.05) is 26.8 Å². The van der Waals surface area contributed by atoms with Gasteiger partial charge >= 0.3 is 6.09 Å². The topological polar surface area (TPSA) is 49.8 Å². The van der Waals surface area contributed by atoms with Crippen molar-refractivity contribution in [2.75, 3.05) is 18.1 Å². The van der Waals surface area contributed by atoms with Crippen LogP contribution in [0.5, 0.6) is 0 Å². The summed E-state index contributed by atoms with van der Waals surface area (Å²) < 4.78 is 19.1. The van der Waals surface area contributed by atoms with Crippen LogP contribution >= 0.6 is 0 Å². The maximum atomic E-state index is 14.1. The highest BCUT2D eigenvalue weighted by Crippen LogP contribution is 2.27. The van der Waals surface area contributed by atoms with Crippen molar-refractivity contribution in [3.05, 3.63) is 29.6 Å². The smallest absolute Gasteiger partial charge is 0.414 e. The number of anilines is 1. The lowest BCUT2D eigenvalue weighted by Crippen LogP contribution is -2.25. The first-order valence-corrected chi connectivity index (χ1v) is 6.67. The van der Waals surface area contributed by atoms with E-state index in [2.05, 4.69) is 0 Å². The lowest BCUT2D eigenvalue weighted by molar-refractivity contribution is 0.0963. The van der Waals surface area contributed by atoms with Crippen molar-refractivity contribution in [2.45, 2.75) is 33.3 Å². The molecular weight excluding hydrogens is 261 g/mol. The summed E-state index contributed by atoms with van der Waals surface area (Å²) in [5.74, 6) is -0.322. The van der Waals surface area contributed by atoms with Gasteiger partial charge in [0.2, 0.25) is 0 Å². The van der Waals surface area contributed by atoms with Gasteiger partial charge < -0.3 is 9.84 Å². The molecule has 1 aliphatic rings. The highest BCUT2D eigenvalue weighted by molar-refractivity contribution is 5.89. The number of hydrogen-bond acceptors (Lipinski definition) is 3. The summed E-state index contributed by atoms with van der Waals surface area (Å²) in [4.78, 5) is 13.0. The first kappa shape index (κ1) is 14.8. The highest BCUT2D eigenvalue weighted by Gasteiger charge is 2.32. The molecule has 1 N–H and O–H groups in total. The molecular formula is C15H20FNO3. The van der Waals surface area contributed by atoms with Crippen LogP contribution in [0.3, 0.4) is 0 Å². The van der Waals surface area contributed by atoms with E-state index in [0.29, 0.717) is 17.7 Å². The molecule has 1 aliphatic heterocycles. The van der Waals surface area contributed by atoms with Gasteiger partial charge in [-0.05, 0) is 29.5 Å². The molecule has 1 atom stereocenters. The molecule has 5 heteroatoms. The van der Waals surface area contributed by atoms with Crippen LogP contribution < -0.4 is 4.90 Å². The highest BCUT2D eigenvalue weighted by atomic mass is 19.1. The number of cyclic esters (lactones) is 1. The van der Waals surface area contributed by atoms with Crippen molar-refractivity contribution in [1.82, 2.24) is 0 Å². The predicted molar refractivity (Wildman–Crippen MR) is 74.3 cm³/mol. The van der Waals surface area contributed by atoms with E-state index < -0.39 is 12.2 Å². The van der Waals surface area contributed by atoms with Gasteiger partial charge in [-0.3, -0.25) is 4.90 Å². The maximum Gasteiger partial charge on any atom is 0.414 e. The van der Waals surface area contributed by atoms with Crippen LogP contribution in [0, 0.1) is 11.2 Å². The second kappa shape index (κ2) is 5.40. The van der Waals surface area contributed by atoms with Gasteiger partial charge in [-0.2, -0.15) is 0 Å². The minimum atomic E-state index is -0.549. The Morgan fingerprint density at radius 1 is 1.45 bits per heavy atom. The lowest BCUT2D eigenvalue weighted by atomic mass is 9.88. The number of carbonyl (C=O) groups is 1. The Morgan fingerprint density at radius 3 is 2.65 bits per heavy atom. The fourth-order valence-electron chi connectivity index (χ4n) is 2.25. The fraction of sp³-hybridized carbons (Fsp3) is 0.533. The van der Waals surface area contributed by atoms with E-state index in [1.54, 1.807) is 12.1 Å².